The molecule has 328 valence electrons. The van der Waals surface area contributed by atoms with Gasteiger partial charge in [-0.15, -0.1) is 0 Å². The van der Waals surface area contributed by atoms with Gasteiger partial charge < -0.3 is 4.57 Å². The predicted molar refractivity (Wildman–Crippen MR) is 294 cm³/mol. The summed E-state index contributed by atoms with van der Waals surface area (Å²) in [6, 6.07) is 19.6. The molecule has 70 heavy (non-hydrogen) atoms. The lowest BCUT2D eigenvalue weighted by atomic mass is 10.1. The van der Waals surface area contributed by atoms with E-state index in [0.29, 0.717) is 0 Å². The summed E-state index contributed by atoms with van der Waals surface area (Å²) in [5, 5.41) is 0.401. The van der Waals surface area contributed by atoms with E-state index in [4.69, 9.17) is 22.3 Å². The van der Waals surface area contributed by atoms with Crippen molar-refractivity contribution in [2.75, 3.05) is 0 Å². The number of para-hydroxylation sites is 6. The second kappa shape index (κ2) is 16.0. The van der Waals surface area contributed by atoms with E-state index in [1.54, 1.807) is 12.1 Å². The normalized spacial score (nSPS) is 16.6. The first-order chi connectivity index (χ1) is 44.3. The molecule has 5 nitrogen and oxygen atoms in total. The average molecular weight is 933 g/mol. The average Bonchev–Trinajstić information content (AvgIpc) is 1.61. The molecule has 0 aliphatic rings. The summed E-state index contributed by atoms with van der Waals surface area (Å²) < 4.78 is 218. The van der Waals surface area contributed by atoms with Gasteiger partial charge in [0.25, 0.3) is 0 Å². The van der Waals surface area contributed by atoms with Crippen LogP contribution in [0.15, 0.2) is 260 Å². The monoisotopic (exact) mass is 932 g/mol. The highest BCUT2D eigenvalue weighted by atomic mass is 28.3. The van der Waals surface area contributed by atoms with Crippen molar-refractivity contribution in [3.63, 3.8) is 0 Å². The number of hydrogen-bond donors (Lipinski definition) is 0. The summed E-state index contributed by atoms with van der Waals surface area (Å²) in [4.78, 5) is 10.1. The van der Waals surface area contributed by atoms with Crippen molar-refractivity contribution in [2.45, 2.75) is 0 Å². The van der Waals surface area contributed by atoms with Gasteiger partial charge in [-0.3, -0.25) is 9.13 Å². The van der Waals surface area contributed by atoms with Crippen LogP contribution in [0.25, 0.3) is 94.1 Å². The van der Waals surface area contributed by atoms with Gasteiger partial charge in [0.2, 0.25) is 5.95 Å². The largest absolute Gasteiger partial charge is 0.309 e. The number of rotatable bonds is 8. The predicted octanol–water partition coefficient (Wildman–Crippen LogP) is 12.8. The smallest absolute Gasteiger partial charge is 0.237 e. The Morgan fingerprint density at radius 2 is 0.743 bits per heavy atom. The van der Waals surface area contributed by atoms with Crippen molar-refractivity contribution < 1.29 is 31.5 Å². The van der Waals surface area contributed by atoms with Crippen molar-refractivity contribution in [3.05, 3.63) is 260 Å². The van der Waals surface area contributed by atoms with Gasteiger partial charge in [0.15, 0.2) is 8.07 Å². The van der Waals surface area contributed by atoms with Crippen molar-refractivity contribution in [2.24, 2.45) is 0 Å². The molecule has 4 aromatic heterocycles. The maximum Gasteiger partial charge on any atom is 0.237 e. The zero-order valence-electron chi connectivity index (χ0n) is 59.3. The van der Waals surface area contributed by atoms with Gasteiger partial charge in [0.05, 0.1) is 76.0 Å². The second-order valence-corrected chi connectivity index (χ2v) is 20.1. The third-order valence-corrected chi connectivity index (χ3v) is 17.4. The van der Waals surface area contributed by atoms with Gasteiger partial charge in [-0.25, -0.2) is 4.98 Å². The molecule has 14 aromatic rings. The number of benzene rings is 10. The molecular formula is C64H43N5Si. The zero-order valence-corrected chi connectivity index (χ0v) is 37.3. The molecule has 0 unspecified atom stereocenters. The lowest BCUT2D eigenvalue weighted by Gasteiger charge is -2.34. The molecule has 0 aliphatic carbocycles. The number of hydrogen-bond acceptors (Lipinski definition) is 2. The summed E-state index contributed by atoms with van der Waals surface area (Å²) in [5.74, 6) is -1.07. The van der Waals surface area contributed by atoms with Crippen LogP contribution < -0.4 is 20.7 Å². The minimum absolute atomic E-state index is 0.0112. The fourth-order valence-electron chi connectivity index (χ4n) is 9.87. The Hall–Kier alpha value is -9.10. The fourth-order valence-corrected chi connectivity index (χ4v) is 14.4. The molecule has 4 heterocycles. The van der Waals surface area contributed by atoms with Crippen LogP contribution in [-0.2, 0) is 0 Å². The van der Waals surface area contributed by atoms with E-state index in [0.717, 1.165) is 24.7 Å². The van der Waals surface area contributed by atoms with Crippen LogP contribution in [0.3, 0.4) is 0 Å². The highest BCUT2D eigenvalue weighted by molar-refractivity contribution is 7.20. The molecule has 0 saturated heterocycles. The topological polar surface area (TPSA) is 40.6 Å². The zero-order chi connectivity index (χ0) is 66.2. The van der Waals surface area contributed by atoms with E-state index in [2.05, 4.69) is 0 Å². The molecular weight excluding hydrogens is 867 g/mol. The van der Waals surface area contributed by atoms with Crippen LogP contribution >= 0.6 is 0 Å². The number of fused-ring (bicyclic) bond motifs is 9. The van der Waals surface area contributed by atoms with Gasteiger partial charge in [0.1, 0.15) is 5.82 Å². The quantitative estimate of drug-likeness (QED) is 0.113. The van der Waals surface area contributed by atoms with Crippen LogP contribution in [0.5, 0.6) is 0 Å². The Morgan fingerprint density at radius 1 is 0.343 bits per heavy atom. The van der Waals surface area contributed by atoms with Crippen molar-refractivity contribution in [1.82, 2.24) is 23.7 Å². The first-order valence-corrected chi connectivity index (χ1v) is 24.0. The maximum absolute atomic E-state index is 10.9. The molecule has 0 spiro atoms. The molecule has 0 radical (unpaired) electrons. The van der Waals surface area contributed by atoms with Gasteiger partial charge in [-0.2, -0.15) is 4.98 Å². The molecule has 0 atom stereocenters. The third kappa shape index (κ3) is 5.97. The standard InChI is InChI=1S/C64H43N5Si/c1-4-22-44(23-5-1)70(45-24-6-2-7-25-45,46-26-8-3-9-27-46)47-40-41-53-52-32-10-16-34-56(52)67(62(53)42-47)61-39-21-15-33-54(61)55-43-63(68-57-35-17-11-28-48(57)49-29-12-18-36-58(49)68)66-64(65-55)69-59-37-19-13-30-50(59)51-31-14-20-38-60(51)69/h1-43H/i10D,11D,12D,13D,14D,16D,17D,18D,19D,20D,28D,29D,30D,31D,32D,34D,35D,36D,37D,38D,40D,41D,42D. The fraction of sp³-hybridized carbons (Fsp3) is 0. The summed E-state index contributed by atoms with van der Waals surface area (Å²) >= 11 is 0. The van der Waals surface area contributed by atoms with Gasteiger partial charge >= 0.3 is 0 Å². The Balaban J connectivity index is 1.21. The first kappa shape index (κ1) is 23.3. The van der Waals surface area contributed by atoms with Crippen LogP contribution in [0.4, 0.5) is 0 Å². The molecule has 10 aromatic carbocycles. The highest BCUT2D eigenvalue weighted by Crippen LogP contribution is 2.39. The summed E-state index contributed by atoms with van der Waals surface area (Å²) in [6.45, 7) is 0. The van der Waals surface area contributed by atoms with Crippen LogP contribution in [0, 0.1) is 0 Å². The van der Waals surface area contributed by atoms with Crippen LogP contribution in [0.2, 0.25) is 0 Å². The minimum atomic E-state index is -3.99. The number of aromatic nitrogens is 5. The van der Waals surface area contributed by atoms with E-state index < -0.39 is 169 Å². The molecule has 0 N–H and O–H groups in total. The SMILES string of the molecule is [2H]c1c([2H])c([2H])c2c(c1[2H])c1c([2H])c([2H])c([2H])c([2H])c1n2-c1cc(-c2ccccc2-n2c3c([2H])c([2H])c([2H])c([2H])c3c3c([2H])c([2H])c([Si](c4ccccc4)(c4ccccc4)c4ccccc4)c([2H])c32)nc(-n2c3c([2H])c([2H])c([2H])c([2H])c3c3c([2H])c([2H])c([2H])c([2H])c32)n1. The van der Waals surface area contributed by atoms with Gasteiger partial charge in [-0.05, 0) is 63.1 Å². The van der Waals surface area contributed by atoms with Gasteiger partial charge in [-0.1, -0.05) is 212 Å². The van der Waals surface area contributed by atoms with E-state index in [1.807, 2.05) is 91.0 Å². The summed E-state index contributed by atoms with van der Waals surface area (Å²) in [7, 11) is -3.99. The molecule has 14 rings (SSSR count). The lowest BCUT2D eigenvalue weighted by Crippen LogP contribution is -2.74. The Kier molecular flexibility index (Phi) is 5.32. The minimum Gasteiger partial charge on any atom is -0.309 e. The summed E-state index contributed by atoms with van der Waals surface area (Å²) in [6.07, 6.45) is 0. The van der Waals surface area contributed by atoms with Crippen LogP contribution in [-0.4, -0.2) is 31.7 Å². The van der Waals surface area contributed by atoms with E-state index in [9.17, 15) is 19.2 Å². The number of nitrogens with zero attached hydrogens (tertiary/aromatic N) is 5. The Morgan fingerprint density at radius 3 is 1.23 bits per heavy atom. The highest BCUT2D eigenvalue weighted by Gasteiger charge is 2.41. The molecule has 0 bridgehead atoms. The van der Waals surface area contributed by atoms with Crippen molar-refractivity contribution in [1.29, 1.82) is 0 Å². The molecule has 0 saturated carbocycles. The molecule has 6 heteroatoms. The Bertz CT molecular complexity index is 5250. The van der Waals surface area contributed by atoms with E-state index >= 15 is 0 Å². The third-order valence-electron chi connectivity index (χ3n) is 12.8. The van der Waals surface area contributed by atoms with Crippen molar-refractivity contribution in [3.8, 4) is 28.7 Å². The maximum atomic E-state index is 10.9. The lowest BCUT2D eigenvalue weighted by molar-refractivity contribution is 0.951. The van der Waals surface area contributed by atoms with Gasteiger partial charge in [0, 0.05) is 43.9 Å². The second-order valence-electron chi connectivity index (χ2n) is 16.4. The van der Waals surface area contributed by atoms with E-state index in [1.165, 1.54) is 22.8 Å². The van der Waals surface area contributed by atoms with E-state index in [-0.39, 0.29) is 77.6 Å². The Labute approximate surface area is 437 Å². The van der Waals surface area contributed by atoms with Crippen LogP contribution in [0.1, 0.15) is 31.5 Å². The first-order valence-electron chi connectivity index (χ1n) is 33.5. The molecule has 0 amide bonds. The summed E-state index contributed by atoms with van der Waals surface area (Å²) in [5.41, 5.74) is -2.39. The molecule has 0 fully saturated rings. The van der Waals surface area contributed by atoms with Crippen molar-refractivity contribution >= 4 is 94.2 Å². The molecule has 0 aliphatic heterocycles.